The Hall–Kier alpha value is -2.12. The quantitative estimate of drug-likeness (QED) is 0.455. The van der Waals surface area contributed by atoms with Crippen LogP contribution in [0.1, 0.15) is 49.1 Å². The van der Waals surface area contributed by atoms with E-state index in [0.29, 0.717) is 11.7 Å². The molecule has 7 heteroatoms. The lowest BCUT2D eigenvalue weighted by molar-refractivity contribution is -0.113. The molecule has 1 N–H and O–H groups in total. The summed E-state index contributed by atoms with van der Waals surface area (Å²) in [4.78, 5) is 13.8. The van der Waals surface area contributed by atoms with Crippen molar-refractivity contribution in [2.75, 3.05) is 11.1 Å². The highest BCUT2D eigenvalue weighted by Gasteiger charge is 2.17. The molecule has 0 saturated carbocycles. The first-order valence-corrected chi connectivity index (χ1v) is 11.8. The van der Waals surface area contributed by atoms with Gasteiger partial charge < -0.3 is 9.88 Å². The molecule has 0 bridgehead atoms. The van der Waals surface area contributed by atoms with Gasteiger partial charge in [-0.15, -0.1) is 21.5 Å². The van der Waals surface area contributed by atoms with Crippen LogP contribution in [0.2, 0.25) is 0 Å². The number of nitrogens with zero attached hydrogens (tertiary/aromatic N) is 3. The Labute approximate surface area is 180 Å². The predicted octanol–water partition coefficient (Wildman–Crippen LogP) is 5.89. The molecule has 154 valence electrons. The molecule has 3 rings (SSSR count). The molecule has 0 atom stereocenters. The normalized spacial score (nSPS) is 11.2. The lowest BCUT2D eigenvalue weighted by atomic mass is 10.1. The maximum absolute atomic E-state index is 12.5. The van der Waals surface area contributed by atoms with Crippen molar-refractivity contribution in [3.63, 3.8) is 0 Å². The molecule has 0 unspecified atom stereocenters. The summed E-state index contributed by atoms with van der Waals surface area (Å²) in [6.45, 7) is 11.4. The molecule has 0 aliphatic heterocycles. The van der Waals surface area contributed by atoms with Crippen LogP contribution in [0.4, 0.5) is 5.69 Å². The first kappa shape index (κ1) is 21.6. The number of aryl methyl sites for hydroxylation is 2. The topological polar surface area (TPSA) is 59.8 Å². The Morgan fingerprint density at radius 1 is 1.24 bits per heavy atom. The minimum atomic E-state index is -0.0350. The lowest BCUT2D eigenvalue weighted by Gasteiger charge is -2.10. The average molecular weight is 429 g/mol. The van der Waals surface area contributed by atoms with Gasteiger partial charge in [0.25, 0.3) is 0 Å². The number of benzene rings is 1. The first-order valence-electron chi connectivity index (χ1n) is 9.91. The van der Waals surface area contributed by atoms with Crippen molar-refractivity contribution >= 4 is 34.7 Å². The van der Waals surface area contributed by atoms with Crippen molar-refractivity contribution in [1.29, 1.82) is 0 Å². The van der Waals surface area contributed by atoms with E-state index in [2.05, 4.69) is 58.4 Å². The van der Waals surface area contributed by atoms with Gasteiger partial charge in [-0.05, 0) is 43.9 Å². The van der Waals surface area contributed by atoms with Crippen LogP contribution < -0.4 is 5.32 Å². The monoisotopic (exact) mass is 428 g/mol. The van der Waals surface area contributed by atoms with Crippen LogP contribution in [0.3, 0.4) is 0 Å². The Morgan fingerprint density at radius 3 is 2.69 bits per heavy atom. The van der Waals surface area contributed by atoms with Crippen molar-refractivity contribution in [3.8, 4) is 11.4 Å². The van der Waals surface area contributed by atoms with E-state index in [1.165, 1.54) is 22.2 Å². The molecule has 0 radical (unpaired) electrons. The van der Waals surface area contributed by atoms with Gasteiger partial charge >= 0.3 is 0 Å². The molecule has 2 aromatic heterocycles. The molecule has 29 heavy (non-hydrogen) atoms. The fourth-order valence-corrected chi connectivity index (χ4v) is 4.75. The third kappa shape index (κ3) is 5.28. The van der Waals surface area contributed by atoms with Gasteiger partial charge in [-0.1, -0.05) is 50.2 Å². The number of carbonyl (C=O) groups excluding carboxylic acids is 1. The Bertz CT molecular complexity index is 991. The van der Waals surface area contributed by atoms with E-state index < -0.39 is 0 Å². The second-order valence-electron chi connectivity index (χ2n) is 7.51. The predicted molar refractivity (Wildman–Crippen MR) is 123 cm³/mol. The third-order valence-corrected chi connectivity index (χ3v) is 6.80. The Morgan fingerprint density at radius 2 is 2.03 bits per heavy atom. The van der Waals surface area contributed by atoms with Crippen LogP contribution in [-0.2, 0) is 11.3 Å². The second kappa shape index (κ2) is 9.59. The fraction of sp³-hybridized carbons (Fsp3) is 0.409. The largest absolute Gasteiger partial charge is 0.325 e. The molecule has 0 saturated heterocycles. The summed E-state index contributed by atoms with van der Waals surface area (Å²) in [6, 6.07) is 8.23. The van der Waals surface area contributed by atoms with Gasteiger partial charge in [0.15, 0.2) is 11.0 Å². The van der Waals surface area contributed by atoms with E-state index in [1.54, 1.807) is 11.3 Å². The van der Waals surface area contributed by atoms with Crippen LogP contribution >= 0.6 is 23.1 Å². The van der Waals surface area contributed by atoms with Crippen LogP contribution in [0.5, 0.6) is 0 Å². The lowest BCUT2D eigenvalue weighted by Crippen LogP contribution is -2.15. The van der Waals surface area contributed by atoms with Gasteiger partial charge in [-0.2, -0.15) is 0 Å². The van der Waals surface area contributed by atoms with E-state index >= 15 is 0 Å². The number of hydrogen-bond acceptors (Lipinski definition) is 5. The number of anilines is 1. The van der Waals surface area contributed by atoms with E-state index in [4.69, 9.17) is 0 Å². The second-order valence-corrected chi connectivity index (χ2v) is 9.39. The summed E-state index contributed by atoms with van der Waals surface area (Å²) in [5.41, 5.74) is 4.21. The number of aromatic nitrogens is 3. The Kier molecular flexibility index (Phi) is 7.14. The van der Waals surface area contributed by atoms with Crippen molar-refractivity contribution in [2.45, 2.75) is 58.7 Å². The molecule has 0 aliphatic rings. The van der Waals surface area contributed by atoms with Gasteiger partial charge in [-0.25, -0.2) is 0 Å². The summed E-state index contributed by atoms with van der Waals surface area (Å²) in [5.74, 6) is 1.65. The average Bonchev–Trinajstić information content (AvgIpc) is 3.30. The first-order chi connectivity index (χ1) is 13.9. The van der Waals surface area contributed by atoms with E-state index in [9.17, 15) is 4.79 Å². The van der Waals surface area contributed by atoms with Crippen LogP contribution in [-0.4, -0.2) is 26.4 Å². The highest BCUT2D eigenvalue weighted by Crippen LogP contribution is 2.31. The highest BCUT2D eigenvalue weighted by molar-refractivity contribution is 7.99. The minimum absolute atomic E-state index is 0.0350. The fourth-order valence-electron chi connectivity index (χ4n) is 3.08. The Balaban J connectivity index is 1.71. The molecule has 0 aliphatic carbocycles. The molecular formula is C22H28N4OS2. The van der Waals surface area contributed by atoms with Crippen molar-refractivity contribution in [3.05, 3.63) is 45.6 Å². The number of thiophene rings is 1. The van der Waals surface area contributed by atoms with Gasteiger partial charge in [0, 0.05) is 28.1 Å². The highest BCUT2D eigenvalue weighted by atomic mass is 32.2. The summed E-state index contributed by atoms with van der Waals surface area (Å²) in [7, 11) is 0. The van der Waals surface area contributed by atoms with Gasteiger partial charge in [0.1, 0.15) is 0 Å². The van der Waals surface area contributed by atoms with Gasteiger partial charge in [0.05, 0.1) is 5.75 Å². The zero-order valence-corrected chi connectivity index (χ0v) is 19.3. The minimum Gasteiger partial charge on any atom is -0.325 e. The zero-order chi connectivity index (χ0) is 21.0. The standard InChI is InChI=1S/C22H28N4OS2/c1-6-9-26-21(17-11-19(14(2)3)28-12-17)24-25-22(26)29-13-20(27)23-18-8-7-15(4)10-16(18)5/h7-8,10-12,14H,6,9,13H2,1-5H3,(H,23,27). The van der Waals surface area contributed by atoms with Crippen LogP contribution in [0, 0.1) is 13.8 Å². The molecule has 2 heterocycles. The molecule has 3 aromatic rings. The van der Waals surface area contributed by atoms with Crippen molar-refractivity contribution in [2.24, 2.45) is 0 Å². The number of amides is 1. The van der Waals surface area contributed by atoms with E-state index in [1.807, 2.05) is 26.0 Å². The van der Waals surface area contributed by atoms with E-state index in [0.717, 1.165) is 40.8 Å². The molecular weight excluding hydrogens is 400 g/mol. The number of thioether (sulfide) groups is 1. The number of hydrogen-bond donors (Lipinski definition) is 1. The van der Waals surface area contributed by atoms with Crippen LogP contribution in [0.15, 0.2) is 34.8 Å². The summed E-state index contributed by atoms with van der Waals surface area (Å²) < 4.78 is 2.13. The smallest absolute Gasteiger partial charge is 0.234 e. The summed E-state index contributed by atoms with van der Waals surface area (Å²) in [6.07, 6.45) is 0.981. The maximum Gasteiger partial charge on any atom is 0.234 e. The van der Waals surface area contributed by atoms with Crippen LogP contribution in [0.25, 0.3) is 11.4 Å². The SMILES string of the molecule is CCCn1c(SCC(=O)Nc2ccc(C)cc2C)nnc1-c1csc(C(C)C)c1. The van der Waals surface area contributed by atoms with Gasteiger partial charge in [0.2, 0.25) is 5.91 Å². The van der Waals surface area contributed by atoms with Crippen molar-refractivity contribution in [1.82, 2.24) is 14.8 Å². The van der Waals surface area contributed by atoms with E-state index in [-0.39, 0.29) is 5.91 Å². The van der Waals surface area contributed by atoms with Gasteiger partial charge in [-0.3, -0.25) is 4.79 Å². The molecule has 1 amide bonds. The third-order valence-electron chi connectivity index (χ3n) is 4.60. The molecule has 0 spiro atoms. The number of rotatable bonds is 8. The summed E-state index contributed by atoms with van der Waals surface area (Å²) >= 11 is 3.19. The zero-order valence-electron chi connectivity index (χ0n) is 17.7. The summed E-state index contributed by atoms with van der Waals surface area (Å²) in [5, 5.41) is 14.7. The maximum atomic E-state index is 12.5. The molecule has 0 fully saturated rings. The molecule has 1 aromatic carbocycles. The van der Waals surface area contributed by atoms with Crippen molar-refractivity contribution < 1.29 is 4.79 Å². The molecule has 5 nitrogen and oxygen atoms in total. The number of nitrogens with one attached hydrogen (secondary N) is 1. The number of carbonyl (C=O) groups is 1.